The summed E-state index contributed by atoms with van der Waals surface area (Å²) in [6.45, 7) is 0. The van der Waals surface area contributed by atoms with Crippen LogP contribution >= 0.6 is 0 Å². The molecule has 9 heteroatoms. The second-order valence-electron chi connectivity index (χ2n) is 7.07. The van der Waals surface area contributed by atoms with E-state index in [0.717, 1.165) is 36.6 Å². The Morgan fingerprint density at radius 1 is 1.00 bits per heavy atom. The maximum atomic E-state index is 13.7. The van der Waals surface area contributed by atoms with Crippen molar-refractivity contribution in [3.05, 3.63) is 93.5 Å². The van der Waals surface area contributed by atoms with Crippen LogP contribution in [0.15, 0.2) is 64.4 Å². The van der Waals surface area contributed by atoms with E-state index in [1.807, 2.05) is 0 Å². The van der Waals surface area contributed by atoms with Crippen molar-refractivity contribution in [2.24, 2.45) is 4.99 Å². The molecule has 0 atom stereocenters. The van der Waals surface area contributed by atoms with E-state index in [9.17, 15) is 22.8 Å². The number of halogens is 3. The SMILES string of the molecule is O=C(N/C(=N\c1cccc(=O)[nH]1)Nc1ccc(F)cc1C1CC1)c1ccc(F)c(F)c1. The van der Waals surface area contributed by atoms with E-state index in [2.05, 4.69) is 20.6 Å². The van der Waals surface area contributed by atoms with E-state index < -0.39 is 23.1 Å². The number of rotatable bonds is 4. The number of carbonyl (C=O) groups excluding carboxylic acids is 1. The number of nitrogens with one attached hydrogen (secondary N) is 3. The Balaban J connectivity index is 1.67. The Morgan fingerprint density at radius 3 is 2.52 bits per heavy atom. The standard InChI is InChI=1S/C22H17F3N4O2/c23-14-7-9-18(15(11-14)12-4-5-12)26-22(28-19-2-1-3-20(30)27-19)29-21(31)13-6-8-16(24)17(25)10-13/h1-3,6-12H,4-5H2,(H3,26,27,28,29,30,31). The molecule has 1 heterocycles. The van der Waals surface area contributed by atoms with E-state index in [-0.39, 0.29) is 29.1 Å². The van der Waals surface area contributed by atoms with Crippen molar-refractivity contribution in [1.29, 1.82) is 0 Å². The number of amides is 1. The van der Waals surface area contributed by atoms with Crippen LogP contribution in [0.2, 0.25) is 0 Å². The van der Waals surface area contributed by atoms with Gasteiger partial charge in [-0.1, -0.05) is 6.07 Å². The Morgan fingerprint density at radius 2 is 1.81 bits per heavy atom. The zero-order valence-electron chi connectivity index (χ0n) is 16.1. The average Bonchev–Trinajstić information content (AvgIpc) is 3.56. The van der Waals surface area contributed by atoms with Crippen LogP contribution in [0.25, 0.3) is 0 Å². The third kappa shape index (κ3) is 5.00. The number of benzene rings is 2. The predicted octanol–water partition coefficient (Wildman–Crippen LogP) is 4.20. The number of nitrogens with zero attached hydrogens (tertiary/aromatic N) is 1. The number of aromatic nitrogens is 1. The number of hydrogen-bond acceptors (Lipinski definition) is 3. The summed E-state index contributed by atoms with van der Waals surface area (Å²) < 4.78 is 40.4. The topological polar surface area (TPSA) is 86.3 Å². The molecule has 0 radical (unpaired) electrons. The summed E-state index contributed by atoms with van der Waals surface area (Å²) in [4.78, 5) is 30.9. The van der Waals surface area contributed by atoms with Crippen LogP contribution in [0.3, 0.4) is 0 Å². The first-order chi connectivity index (χ1) is 14.9. The minimum atomic E-state index is -1.17. The summed E-state index contributed by atoms with van der Waals surface area (Å²) in [6, 6.07) is 11.2. The van der Waals surface area contributed by atoms with E-state index >= 15 is 0 Å². The molecular formula is C22H17F3N4O2. The maximum absolute atomic E-state index is 13.7. The van der Waals surface area contributed by atoms with E-state index in [4.69, 9.17) is 0 Å². The third-order valence-electron chi connectivity index (χ3n) is 4.68. The lowest BCUT2D eigenvalue weighted by atomic mass is 10.1. The quantitative estimate of drug-likeness (QED) is 0.432. The van der Waals surface area contributed by atoms with Crippen LogP contribution in [0, 0.1) is 17.5 Å². The molecule has 1 aromatic heterocycles. The van der Waals surface area contributed by atoms with E-state index in [1.54, 1.807) is 0 Å². The Labute approximate surface area is 174 Å². The summed E-state index contributed by atoms with van der Waals surface area (Å²) in [6.07, 6.45) is 1.83. The van der Waals surface area contributed by atoms with Crippen LogP contribution in [0.4, 0.5) is 24.7 Å². The summed E-state index contributed by atoms with van der Waals surface area (Å²) in [7, 11) is 0. The molecule has 1 aliphatic carbocycles. The van der Waals surface area contributed by atoms with Gasteiger partial charge in [0.1, 0.15) is 11.6 Å². The minimum absolute atomic E-state index is 0.0786. The highest BCUT2D eigenvalue weighted by atomic mass is 19.2. The minimum Gasteiger partial charge on any atom is -0.325 e. The lowest BCUT2D eigenvalue weighted by Crippen LogP contribution is -2.36. The van der Waals surface area contributed by atoms with Crippen LogP contribution < -0.4 is 16.2 Å². The van der Waals surface area contributed by atoms with Crippen LogP contribution in [-0.2, 0) is 0 Å². The van der Waals surface area contributed by atoms with Gasteiger partial charge in [-0.2, -0.15) is 4.99 Å². The fourth-order valence-corrected chi connectivity index (χ4v) is 3.03. The number of carbonyl (C=O) groups is 1. The number of H-pyrrole nitrogens is 1. The summed E-state index contributed by atoms with van der Waals surface area (Å²) in [5.41, 5.74) is 0.743. The number of hydrogen-bond donors (Lipinski definition) is 3. The van der Waals surface area contributed by atoms with Crippen molar-refractivity contribution in [3.63, 3.8) is 0 Å². The van der Waals surface area contributed by atoms with Gasteiger partial charge in [-0.3, -0.25) is 14.9 Å². The van der Waals surface area contributed by atoms with Gasteiger partial charge >= 0.3 is 0 Å². The van der Waals surface area contributed by atoms with Gasteiger partial charge < -0.3 is 10.3 Å². The molecule has 4 rings (SSSR count). The molecule has 0 saturated heterocycles. The average molecular weight is 426 g/mol. The molecule has 1 amide bonds. The molecule has 0 unspecified atom stereocenters. The Bertz CT molecular complexity index is 1240. The molecule has 3 N–H and O–H groups in total. The van der Waals surface area contributed by atoms with Gasteiger partial charge in [0.05, 0.1) is 0 Å². The Hall–Kier alpha value is -3.88. The molecular weight excluding hydrogens is 409 g/mol. The molecule has 0 aliphatic heterocycles. The van der Waals surface area contributed by atoms with E-state index in [1.165, 1.54) is 36.4 Å². The number of aromatic amines is 1. The smallest absolute Gasteiger partial charge is 0.258 e. The fraction of sp³-hybridized carbons (Fsp3) is 0.136. The van der Waals surface area contributed by atoms with Crippen molar-refractivity contribution in [1.82, 2.24) is 10.3 Å². The number of guanidine groups is 1. The van der Waals surface area contributed by atoms with Crippen LogP contribution in [0.5, 0.6) is 0 Å². The van der Waals surface area contributed by atoms with Crippen molar-refractivity contribution >= 4 is 23.4 Å². The molecule has 1 aliphatic rings. The predicted molar refractivity (Wildman–Crippen MR) is 110 cm³/mol. The van der Waals surface area contributed by atoms with Gasteiger partial charge in [-0.15, -0.1) is 0 Å². The molecule has 31 heavy (non-hydrogen) atoms. The van der Waals surface area contributed by atoms with Crippen LogP contribution in [0.1, 0.15) is 34.7 Å². The molecule has 3 aromatic rings. The highest BCUT2D eigenvalue weighted by Gasteiger charge is 2.27. The van der Waals surface area contributed by atoms with Gasteiger partial charge in [-0.05, 0) is 66.8 Å². The van der Waals surface area contributed by atoms with E-state index in [0.29, 0.717) is 5.69 Å². The molecule has 0 spiro atoms. The number of anilines is 1. The van der Waals surface area contributed by atoms with Gasteiger partial charge in [0.2, 0.25) is 11.5 Å². The summed E-state index contributed by atoms with van der Waals surface area (Å²) >= 11 is 0. The van der Waals surface area contributed by atoms with Crippen molar-refractivity contribution in [2.75, 3.05) is 5.32 Å². The largest absolute Gasteiger partial charge is 0.325 e. The fourth-order valence-electron chi connectivity index (χ4n) is 3.03. The molecule has 1 saturated carbocycles. The highest BCUT2D eigenvalue weighted by Crippen LogP contribution is 2.43. The van der Waals surface area contributed by atoms with Crippen molar-refractivity contribution in [2.45, 2.75) is 18.8 Å². The first-order valence-corrected chi connectivity index (χ1v) is 9.50. The third-order valence-corrected chi connectivity index (χ3v) is 4.68. The molecule has 1 fully saturated rings. The van der Waals surface area contributed by atoms with Gasteiger partial charge in [0.25, 0.3) is 5.91 Å². The lowest BCUT2D eigenvalue weighted by molar-refractivity contribution is 0.0976. The number of pyridine rings is 1. The summed E-state index contributed by atoms with van der Waals surface area (Å²) in [5, 5.41) is 5.44. The number of aliphatic imine (C=N–C) groups is 1. The molecule has 158 valence electrons. The first-order valence-electron chi connectivity index (χ1n) is 9.50. The van der Waals surface area contributed by atoms with Gasteiger partial charge in [-0.25, -0.2) is 13.2 Å². The second kappa shape index (κ2) is 8.47. The van der Waals surface area contributed by atoms with Crippen molar-refractivity contribution < 1.29 is 18.0 Å². The molecule has 0 bridgehead atoms. The first kappa shape index (κ1) is 20.4. The maximum Gasteiger partial charge on any atom is 0.258 e. The van der Waals surface area contributed by atoms with Crippen molar-refractivity contribution in [3.8, 4) is 0 Å². The molecule has 2 aromatic carbocycles. The second-order valence-corrected chi connectivity index (χ2v) is 7.07. The lowest BCUT2D eigenvalue weighted by Gasteiger charge is -2.15. The monoisotopic (exact) mass is 426 g/mol. The summed E-state index contributed by atoms with van der Waals surface area (Å²) in [5.74, 6) is -3.12. The van der Waals surface area contributed by atoms with Crippen LogP contribution in [-0.4, -0.2) is 16.9 Å². The molecule has 6 nitrogen and oxygen atoms in total. The Kier molecular flexibility index (Phi) is 5.57. The highest BCUT2D eigenvalue weighted by molar-refractivity contribution is 6.10. The normalized spacial score (nSPS) is 13.7. The zero-order chi connectivity index (χ0) is 22.0. The van der Waals surface area contributed by atoms with Gasteiger partial charge in [0.15, 0.2) is 11.6 Å². The zero-order valence-corrected chi connectivity index (χ0v) is 16.1. The van der Waals surface area contributed by atoms with Gasteiger partial charge in [0, 0.05) is 17.3 Å².